The molecule has 0 bridgehead atoms. The first-order valence-electron chi connectivity index (χ1n) is 6.95. The maximum Gasteiger partial charge on any atom is 0.267 e. The topological polar surface area (TPSA) is 61.8 Å². The van der Waals surface area contributed by atoms with Crippen molar-refractivity contribution in [1.29, 1.82) is 0 Å². The molecule has 5 nitrogen and oxygen atoms in total. The predicted octanol–water partition coefficient (Wildman–Crippen LogP) is 1.92. The van der Waals surface area contributed by atoms with Crippen molar-refractivity contribution in [2.45, 2.75) is 31.2 Å². The predicted molar refractivity (Wildman–Crippen MR) is 80.2 cm³/mol. The monoisotopic (exact) mass is 305 g/mol. The van der Waals surface area contributed by atoms with Crippen molar-refractivity contribution >= 4 is 29.1 Å². The SMILES string of the molecule is CN1N=C(C(=O)N[C@@H]2C[C@H]2c2ccccc2Cl)CCC1=O. The number of nitrogens with zero attached hydrogens (tertiary/aromatic N) is 2. The fraction of sp³-hybridized carbons (Fsp3) is 0.400. The molecule has 2 atom stereocenters. The highest BCUT2D eigenvalue weighted by molar-refractivity contribution is 6.39. The number of hydrazone groups is 1. The zero-order valence-corrected chi connectivity index (χ0v) is 12.4. The summed E-state index contributed by atoms with van der Waals surface area (Å²) in [6, 6.07) is 7.79. The first-order chi connectivity index (χ1) is 10.1. The van der Waals surface area contributed by atoms with Crippen LogP contribution in [0.2, 0.25) is 5.02 Å². The summed E-state index contributed by atoms with van der Waals surface area (Å²) in [6.45, 7) is 0. The van der Waals surface area contributed by atoms with Gasteiger partial charge >= 0.3 is 0 Å². The normalized spacial score (nSPS) is 24.6. The van der Waals surface area contributed by atoms with Crippen molar-refractivity contribution in [2.24, 2.45) is 5.10 Å². The molecule has 1 aromatic carbocycles. The molecule has 1 aliphatic heterocycles. The number of carbonyl (C=O) groups is 2. The van der Waals surface area contributed by atoms with Gasteiger partial charge in [-0.1, -0.05) is 29.8 Å². The molecule has 2 aliphatic rings. The van der Waals surface area contributed by atoms with Crippen molar-refractivity contribution in [1.82, 2.24) is 10.3 Å². The summed E-state index contributed by atoms with van der Waals surface area (Å²) in [5.41, 5.74) is 1.49. The van der Waals surface area contributed by atoms with Gasteiger partial charge in [0.25, 0.3) is 5.91 Å². The Hall–Kier alpha value is -1.88. The van der Waals surface area contributed by atoms with Crippen LogP contribution in [0.5, 0.6) is 0 Å². The summed E-state index contributed by atoms with van der Waals surface area (Å²) in [7, 11) is 1.57. The lowest BCUT2D eigenvalue weighted by Gasteiger charge is -2.18. The summed E-state index contributed by atoms with van der Waals surface area (Å²) in [6.07, 6.45) is 1.62. The number of halogens is 1. The molecule has 2 amide bonds. The van der Waals surface area contributed by atoms with Crippen LogP contribution < -0.4 is 5.32 Å². The van der Waals surface area contributed by atoms with Crippen LogP contribution >= 0.6 is 11.6 Å². The number of hydrogen-bond acceptors (Lipinski definition) is 3. The molecule has 1 fully saturated rings. The van der Waals surface area contributed by atoms with Gasteiger partial charge in [-0.15, -0.1) is 0 Å². The molecule has 1 aromatic rings. The number of hydrogen-bond donors (Lipinski definition) is 1. The zero-order chi connectivity index (χ0) is 15.0. The summed E-state index contributed by atoms with van der Waals surface area (Å²) < 4.78 is 0. The molecule has 0 saturated heterocycles. The lowest BCUT2D eigenvalue weighted by Crippen LogP contribution is -2.38. The van der Waals surface area contributed by atoms with Crippen LogP contribution in [0.1, 0.15) is 30.7 Å². The third-order valence-electron chi connectivity index (χ3n) is 3.88. The average molecular weight is 306 g/mol. The first kappa shape index (κ1) is 14.1. The second kappa shape index (κ2) is 5.48. The van der Waals surface area contributed by atoms with Gasteiger partial charge in [-0.3, -0.25) is 9.59 Å². The van der Waals surface area contributed by atoms with E-state index in [9.17, 15) is 9.59 Å². The molecule has 1 saturated carbocycles. The Morgan fingerprint density at radius 2 is 2.14 bits per heavy atom. The number of carbonyl (C=O) groups excluding carboxylic acids is 2. The molecule has 110 valence electrons. The van der Waals surface area contributed by atoms with Gasteiger partial charge in [-0.25, -0.2) is 5.01 Å². The number of rotatable bonds is 3. The fourth-order valence-corrected chi connectivity index (χ4v) is 2.83. The molecule has 0 unspecified atom stereocenters. The Kier molecular flexibility index (Phi) is 3.68. The maximum atomic E-state index is 12.1. The van der Waals surface area contributed by atoms with Crippen molar-refractivity contribution in [3.05, 3.63) is 34.9 Å². The molecule has 1 N–H and O–H groups in total. The van der Waals surface area contributed by atoms with Crippen molar-refractivity contribution in [3.8, 4) is 0 Å². The Morgan fingerprint density at radius 1 is 1.38 bits per heavy atom. The third kappa shape index (κ3) is 2.93. The zero-order valence-electron chi connectivity index (χ0n) is 11.7. The molecule has 0 aromatic heterocycles. The minimum Gasteiger partial charge on any atom is -0.348 e. The van der Waals surface area contributed by atoms with Gasteiger partial charge in [-0.05, 0) is 18.1 Å². The van der Waals surface area contributed by atoms with Gasteiger partial charge in [0, 0.05) is 36.9 Å². The van der Waals surface area contributed by atoms with E-state index in [0.717, 1.165) is 17.0 Å². The van der Waals surface area contributed by atoms with E-state index in [1.807, 2.05) is 24.3 Å². The molecular weight excluding hydrogens is 290 g/mol. The lowest BCUT2D eigenvalue weighted by molar-refractivity contribution is -0.130. The smallest absolute Gasteiger partial charge is 0.267 e. The Morgan fingerprint density at radius 3 is 2.86 bits per heavy atom. The van der Waals surface area contributed by atoms with Crippen molar-refractivity contribution in [3.63, 3.8) is 0 Å². The van der Waals surface area contributed by atoms with E-state index in [-0.39, 0.29) is 23.8 Å². The van der Waals surface area contributed by atoms with E-state index in [0.29, 0.717) is 18.6 Å². The van der Waals surface area contributed by atoms with Gasteiger partial charge in [0.2, 0.25) is 5.91 Å². The molecule has 21 heavy (non-hydrogen) atoms. The highest BCUT2D eigenvalue weighted by Crippen LogP contribution is 2.43. The molecule has 0 spiro atoms. The van der Waals surface area contributed by atoms with Gasteiger partial charge in [-0.2, -0.15) is 5.10 Å². The average Bonchev–Trinajstić information content (AvgIpc) is 3.21. The number of benzene rings is 1. The summed E-state index contributed by atoms with van der Waals surface area (Å²) in [5.74, 6) is 0.0204. The summed E-state index contributed by atoms with van der Waals surface area (Å²) in [4.78, 5) is 23.5. The maximum absolute atomic E-state index is 12.1. The Labute approximate surface area is 128 Å². The van der Waals surface area contributed by atoms with Crippen LogP contribution in [-0.4, -0.2) is 35.6 Å². The molecule has 6 heteroatoms. The standard InChI is InChI=1S/C15H16ClN3O2/c1-19-14(20)7-6-12(18-19)15(21)17-13-8-10(13)9-4-2-3-5-11(9)16/h2-5,10,13H,6-8H2,1H3,(H,17,21)/t10-,13+/m0/s1. The largest absolute Gasteiger partial charge is 0.348 e. The van der Waals surface area contributed by atoms with Gasteiger partial charge in [0.05, 0.1) is 0 Å². The molecule has 1 heterocycles. The fourth-order valence-electron chi connectivity index (χ4n) is 2.56. The van der Waals surface area contributed by atoms with E-state index >= 15 is 0 Å². The second-order valence-corrected chi connectivity index (χ2v) is 5.81. The summed E-state index contributed by atoms with van der Waals surface area (Å²) in [5, 5.41) is 8.96. The lowest BCUT2D eigenvalue weighted by atomic mass is 10.1. The molecule has 1 aliphatic carbocycles. The van der Waals surface area contributed by atoms with Gasteiger partial charge in [0.1, 0.15) is 5.71 Å². The van der Waals surface area contributed by atoms with E-state index in [4.69, 9.17) is 11.6 Å². The first-order valence-corrected chi connectivity index (χ1v) is 7.33. The third-order valence-corrected chi connectivity index (χ3v) is 4.23. The van der Waals surface area contributed by atoms with E-state index in [1.54, 1.807) is 7.05 Å². The molecular formula is C15H16ClN3O2. The van der Waals surface area contributed by atoms with Crippen molar-refractivity contribution < 1.29 is 9.59 Å². The van der Waals surface area contributed by atoms with Gasteiger partial charge in [0.15, 0.2) is 0 Å². The van der Waals surface area contributed by atoms with Crippen LogP contribution in [0.4, 0.5) is 0 Å². The van der Waals surface area contributed by atoms with E-state index in [1.165, 1.54) is 5.01 Å². The Bertz CT molecular complexity index is 629. The van der Waals surface area contributed by atoms with E-state index < -0.39 is 0 Å². The van der Waals surface area contributed by atoms with Gasteiger partial charge < -0.3 is 5.32 Å². The Balaban J connectivity index is 1.62. The number of amides is 2. The van der Waals surface area contributed by atoms with Crippen LogP contribution in [-0.2, 0) is 9.59 Å². The highest BCUT2D eigenvalue weighted by atomic mass is 35.5. The van der Waals surface area contributed by atoms with Crippen LogP contribution in [0.15, 0.2) is 29.4 Å². The quantitative estimate of drug-likeness (QED) is 0.927. The highest BCUT2D eigenvalue weighted by Gasteiger charge is 2.41. The summed E-state index contributed by atoms with van der Waals surface area (Å²) >= 11 is 6.16. The van der Waals surface area contributed by atoms with Crippen LogP contribution in [0, 0.1) is 0 Å². The molecule has 3 rings (SSSR count). The van der Waals surface area contributed by atoms with Crippen LogP contribution in [0.25, 0.3) is 0 Å². The minimum absolute atomic E-state index is 0.0630. The molecule has 0 radical (unpaired) electrons. The van der Waals surface area contributed by atoms with E-state index in [2.05, 4.69) is 10.4 Å². The van der Waals surface area contributed by atoms with Crippen molar-refractivity contribution in [2.75, 3.05) is 7.05 Å². The van der Waals surface area contributed by atoms with Crippen LogP contribution in [0.3, 0.4) is 0 Å². The second-order valence-electron chi connectivity index (χ2n) is 5.41. The number of nitrogens with one attached hydrogen (secondary N) is 1. The minimum atomic E-state index is -0.186.